The number of carbonyl (C=O) groups excluding carboxylic acids is 1. The van der Waals surface area contributed by atoms with Gasteiger partial charge in [-0.2, -0.15) is 0 Å². The molecule has 4 heteroatoms. The molecule has 1 heterocycles. The summed E-state index contributed by atoms with van der Waals surface area (Å²) in [4.78, 5) is 12.3. The van der Waals surface area contributed by atoms with Crippen LogP contribution in [0.3, 0.4) is 0 Å². The van der Waals surface area contributed by atoms with Crippen LogP contribution in [0.15, 0.2) is 41.8 Å². The van der Waals surface area contributed by atoms with Crippen molar-refractivity contribution in [2.45, 2.75) is 6.42 Å². The normalized spacial score (nSPS) is 10.2. The lowest BCUT2D eigenvalue weighted by Gasteiger charge is -2.03. The maximum Gasteiger partial charge on any atom is 0.261 e. The SMILES string of the molecule is O=C(NCCc1cccc(F)c1)c1cccs1. The predicted molar refractivity (Wildman–Crippen MR) is 66.8 cm³/mol. The Kier molecular flexibility index (Phi) is 3.88. The number of hydrogen-bond acceptors (Lipinski definition) is 2. The lowest BCUT2D eigenvalue weighted by Crippen LogP contribution is -2.24. The topological polar surface area (TPSA) is 29.1 Å². The van der Waals surface area contributed by atoms with Gasteiger partial charge in [-0.25, -0.2) is 4.39 Å². The summed E-state index contributed by atoms with van der Waals surface area (Å²) in [6.45, 7) is 0.514. The molecule has 2 nitrogen and oxygen atoms in total. The summed E-state index contributed by atoms with van der Waals surface area (Å²) in [5.41, 5.74) is 0.886. The maximum atomic E-state index is 12.9. The Morgan fingerprint density at radius 1 is 1.29 bits per heavy atom. The fraction of sp³-hybridized carbons (Fsp3) is 0.154. The first kappa shape index (κ1) is 11.8. The molecule has 0 aliphatic heterocycles. The fourth-order valence-corrected chi connectivity index (χ4v) is 2.15. The van der Waals surface area contributed by atoms with E-state index in [4.69, 9.17) is 0 Å². The van der Waals surface area contributed by atoms with Crippen LogP contribution >= 0.6 is 11.3 Å². The molecule has 1 amide bonds. The van der Waals surface area contributed by atoms with Crippen molar-refractivity contribution in [1.29, 1.82) is 0 Å². The number of rotatable bonds is 4. The molecule has 17 heavy (non-hydrogen) atoms. The molecule has 0 saturated carbocycles. The van der Waals surface area contributed by atoms with Gasteiger partial charge in [0.15, 0.2) is 0 Å². The van der Waals surface area contributed by atoms with E-state index in [2.05, 4.69) is 5.32 Å². The zero-order valence-electron chi connectivity index (χ0n) is 9.15. The van der Waals surface area contributed by atoms with Crippen LogP contribution in [0.2, 0.25) is 0 Å². The first-order valence-electron chi connectivity index (χ1n) is 5.32. The second kappa shape index (κ2) is 5.59. The van der Waals surface area contributed by atoms with E-state index in [1.807, 2.05) is 17.5 Å². The molecule has 0 aliphatic rings. The third-order valence-electron chi connectivity index (χ3n) is 2.33. The third-order valence-corrected chi connectivity index (χ3v) is 3.20. The number of benzene rings is 1. The molecule has 0 spiro atoms. The highest BCUT2D eigenvalue weighted by molar-refractivity contribution is 7.12. The van der Waals surface area contributed by atoms with E-state index in [1.165, 1.54) is 23.5 Å². The van der Waals surface area contributed by atoms with Gasteiger partial charge in [0.2, 0.25) is 0 Å². The van der Waals surface area contributed by atoms with E-state index in [1.54, 1.807) is 12.1 Å². The summed E-state index contributed by atoms with van der Waals surface area (Å²) in [6, 6.07) is 10.0. The van der Waals surface area contributed by atoms with Gasteiger partial charge in [-0.1, -0.05) is 18.2 Å². The molecule has 0 bridgehead atoms. The average Bonchev–Trinajstić information content (AvgIpc) is 2.82. The Hall–Kier alpha value is -1.68. The van der Waals surface area contributed by atoms with Gasteiger partial charge in [0.1, 0.15) is 5.82 Å². The summed E-state index contributed by atoms with van der Waals surface area (Å²) in [5.74, 6) is -0.316. The minimum Gasteiger partial charge on any atom is -0.351 e. The molecule has 88 valence electrons. The number of thiophene rings is 1. The first-order valence-corrected chi connectivity index (χ1v) is 6.20. The van der Waals surface area contributed by atoms with Crippen LogP contribution in [0, 0.1) is 5.82 Å². The quantitative estimate of drug-likeness (QED) is 0.887. The van der Waals surface area contributed by atoms with Gasteiger partial charge < -0.3 is 5.32 Å². The molecule has 0 unspecified atom stereocenters. The van der Waals surface area contributed by atoms with E-state index in [9.17, 15) is 9.18 Å². The lowest BCUT2D eigenvalue weighted by molar-refractivity contribution is 0.0958. The van der Waals surface area contributed by atoms with Crippen molar-refractivity contribution in [3.8, 4) is 0 Å². The van der Waals surface area contributed by atoms with Gasteiger partial charge in [0.05, 0.1) is 4.88 Å². The van der Waals surface area contributed by atoms with E-state index >= 15 is 0 Å². The van der Waals surface area contributed by atoms with Crippen LogP contribution in [-0.2, 0) is 6.42 Å². The number of nitrogens with one attached hydrogen (secondary N) is 1. The second-order valence-corrected chi connectivity index (χ2v) is 4.56. The van der Waals surface area contributed by atoms with Gasteiger partial charge >= 0.3 is 0 Å². The monoisotopic (exact) mass is 249 g/mol. The molecule has 0 atom stereocenters. The zero-order chi connectivity index (χ0) is 12.1. The Labute approximate surface area is 103 Å². The Bertz CT molecular complexity index is 496. The Morgan fingerprint density at radius 3 is 2.88 bits per heavy atom. The van der Waals surface area contributed by atoms with Gasteiger partial charge in [-0.05, 0) is 35.6 Å². The number of hydrogen-bond donors (Lipinski definition) is 1. The summed E-state index contributed by atoms with van der Waals surface area (Å²) in [5, 5.41) is 4.66. The number of carbonyl (C=O) groups is 1. The smallest absolute Gasteiger partial charge is 0.261 e. The van der Waals surface area contributed by atoms with Gasteiger partial charge in [0, 0.05) is 6.54 Å². The number of amides is 1. The van der Waals surface area contributed by atoms with Gasteiger partial charge in [0.25, 0.3) is 5.91 Å². The maximum absolute atomic E-state index is 12.9. The summed E-state index contributed by atoms with van der Waals surface area (Å²) >= 11 is 1.41. The van der Waals surface area contributed by atoms with Crippen LogP contribution in [0.1, 0.15) is 15.2 Å². The van der Waals surface area contributed by atoms with Crippen LogP contribution in [0.4, 0.5) is 4.39 Å². The van der Waals surface area contributed by atoms with E-state index < -0.39 is 0 Å². The van der Waals surface area contributed by atoms with Crippen molar-refractivity contribution in [2.75, 3.05) is 6.54 Å². The summed E-state index contributed by atoms with van der Waals surface area (Å²) in [7, 11) is 0. The molecule has 0 saturated heterocycles. The minimum absolute atomic E-state index is 0.0728. The molecule has 1 aromatic carbocycles. The van der Waals surface area contributed by atoms with Crippen molar-refractivity contribution < 1.29 is 9.18 Å². The fourth-order valence-electron chi connectivity index (χ4n) is 1.51. The van der Waals surface area contributed by atoms with Crippen molar-refractivity contribution in [3.63, 3.8) is 0 Å². The lowest BCUT2D eigenvalue weighted by atomic mass is 10.1. The second-order valence-electron chi connectivity index (χ2n) is 3.61. The van der Waals surface area contributed by atoms with Crippen LogP contribution in [0.25, 0.3) is 0 Å². The Balaban J connectivity index is 1.82. The van der Waals surface area contributed by atoms with Crippen LogP contribution < -0.4 is 5.32 Å². The molecular formula is C13H12FNOS. The van der Waals surface area contributed by atoms with Crippen molar-refractivity contribution >= 4 is 17.2 Å². The summed E-state index contributed by atoms with van der Waals surface area (Å²) in [6.07, 6.45) is 0.634. The molecule has 2 rings (SSSR count). The summed E-state index contributed by atoms with van der Waals surface area (Å²) < 4.78 is 12.9. The third kappa shape index (κ3) is 3.39. The van der Waals surface area contributed by atoms with Crippen molar-refractivity contribution in [1.82, 2.24) is 5.32 Å². The first-order chi connectivity index (χ1) is 8.25. The van der Waals surface area contributed by atoms with E-state index in [-0.39, 0.29) is 11.7 Å². The van der Waals surface area contributed by atoms with Crippen LogP contribution in [0.5, 0.6) is 0 Å². The molecule has 0 radical (unpaired) electrons. The van der Waals surface area contributed by atoms with E-state index in [0.717, 1.165) is 5.56 Å². The molecular weight excluding hydrogens is 237 g/mol. The average molecular weight is 249 g/mol. The van der Waals surface area contributed by atoms with Gasteiger partial charge in [-0.3, -0.25) is 4.79 Å². The molecule has 1 aromatic heterocycles. The molecule has 0 aliphatic carbocycles. The standard InChI is InChI=1S/C13H12FNOS/c14-11-4-1-3-10(9-11)6-7-15-13(16)12-5-2-8-17-12/h1-5,8-9H,6-7H2,(H,15,16). The minimum atomic E-state index is -0.243. The highest BCUT2D eigenvalue weighted by Gasteiger charge is 2.05. The van der Waals surface area contributed by atoms with Gasteiger partial charge in [-0.15, -0.1) is 11.3 Å². The van der Waals surface area contributed by atoms with Crippen LogP contribution in [-0.4, -0.2) is 12.5 Å². The van der Waals surface area contributed by atoms with Crippen molar-refractivity contribution in [3.05, 3.63) is 58.0 Å². The Morgan fingerprint density at radius 2 is 2.18 bits per heavy atom. The largest absolute Gasteiger partial charge is 0.351 e. The van der Waals surface area contributed by atoms with Crippen molar-refractivity contribution in [2.24, 2.45) is 0 Å². The van der Waals surface area contributed by atoms with E-state index in [0.29, 0.717) is 17.8 Å². The zero-order valence-corrected chi connectivity index (χ0v) is 9.97. The molecule has 2 aromatic rings. The molecule has 1 N–H and O–H groups in total. The predicted octanol–water partition coefficient (Wildman–Crippen LogP) is 2.86. The number of halogens is 1. The molecule has 0 fully saturated rings. The highest BCUT2D eigenvalue weighted by atomic mass is 32.1. The highest BCUT2D eigenvalue weighted by Crippen LogP contribution is 2.08.